The molecule has 0 spiro atoms. The minimum absolute atomic E-state index is 0.706. The van der Waals surface area contributed by atoms with Gasteiger partial charge in [-0.3, -0.25) is 4.99 Å². The number of likely N-dealkylation sites (tertiary alicyclic amines) is 1. The molecular weight excluding hydrogens is 320 g/mol. The highest BCUT2D eigenvalue weighted by Crippen LogP contribution is 2.22. The average Bonchev–Trinajstić information content (AvgIpc) is 2.72. The van der Waals surface area contributed by atoms with E-state index in [1.807, 2.05) is 0 Å². The first kappa shape index (κ1) is 19.0. The van der Waals surface area contributed by atoms with Gasteiger partial charge >= 0.3 is 0 Å². The fraction of sp³-hybridized carbons (Fsp3) is 0.591. The molecule has 1 fully saturated rings. The second-order valence-electron chi connectivity index (χ2n) is 7.39. The van der Waals surface area contributed by atoms with Gasteiger partial charge in [-0.05, 0) is 56.3 Å². The molecule has 2 aliphatic heterocycles. The van der Waals surface area contributed by atoms with Crippen LogP contribution in [-0.4, -0.2) is 61.6 Å². The Labute approximate surface area is 159 Å². The van der Waals surface area contributed by atoms with Gasteiger partial charge in [-0.25, -0.2) is 0 Å². The van der Waals surface area contributed by atoms with Gasteiger partial charge in [-0.15, -0.1) is 0 Å². The van der Waals surface area contributed by atoms with E-state index in [2.05, 4.69) is 65.4 Å². The van der Waals surface area contributed by atoms with Crippen molar-refractivity contribution in [3.8, 4) is 0 Å². The van der Waals surface area contributed by atoms with E-state index in [0.717, 1.165) is 38.6 Å². The third kappa shape index (κ3) is 5.10. The van der Waals surface area contributed by atoms with E-state index in [0.29, 0.717) is 5.92 Å². The van der Waals surface area contributed by atoms with Crippen molar-refractivity contribution in [3.05, 3.63) is 42.0 Å². The molecule has 3 rings (SSSR count). The number of hydrogen-bond acceptors (Lipinski definition) is 2. The minimum atomic E-state index is 0.706. The van der Waals surface area contributed by atoms with Crippen molar-refractivity contribution in [2.75, 3.05) is 45.8 Å². The van der Waals surface area contributed by atoms with Crippen LogP contribution in [0.4, 0.5) is 0 Å². The topological polar surface area (TPSA) is 30.9 Å². The lowest BCUT2D eigenvalue weighted by molar-refractivity contribution is 0.186. The molecule has 0 saturated carbocycles. The van der Waals surface area contributed by atoms with Gasteiger partial charge in [-0.2, -0.15) is 0 Å². The number of piperidine rings is 1. The summed E-state index contributed by atoms with van der Waals surface area (Å²) in [5.41, 5.74) is 2.82. The summed E-state index contributed by atoms with van der Waals surface area (Å²) in [6.45, 7) is 11.9. The minimum Gasteiger partial charge on any atom is -0.357 e. The van der Waals surface area contributed by atoms with Gasteiger partial charge in [0.05, 0.1) is 0 Å². The SMILES string of the molecule is CCNC(=NCC1CCCN(CC)C1)N1CC=C(c2ccccc2)CC1. The third-order valence-electron chi connectivity index (χ3n) is 5.54. The number of aliphatic imine (C=N–C) groups is 1. The molecular formula is C22H34N4. The van der Waals surface area contributed by atoms with Crippen molar-refractivity contribution in [1.82, 2.24) is 15.1 Å². The number of nitrogens with zero attached hydrogens (tertiary/aromatic N) is 3. The van der Waals surface area contributed by atoms with Crippen molar-refractivity contribution >= 4 is 11.5 Å². The van der Waals surface area contributed by atoms with Gasteiger partial charge in [0.25, 0.3) is 0 Å². The number of nitrogens with one attached hydrogen (secondary N) is 1. The highest BCUT2D eigenvalue weighted by atomic mass is 15.3. The standard InChI is InChI=1S/C22H34N4/c1-3-23-22(24-17-19-9-8-14-25(4-2)18-19)26-15-12-21(13-16-26)20-10-6-5-7-11-20/h5-7,10-12,19H,3-4,8-9,13-18H2,1-2H3,(H,23,24). The van der Waals surface area contributed by atoms with Crippen molar-refractivity contribution in [2.24, 2.45) is 10.9 Å². The van der Waals surface area contributed by atoms with E-state index in [4.69, 9.17) is 4.99 Å². The van der Waals surface area contributed by atoms with E-state index in [9.17, 15) is 0 Å². The van der Waals surface area contributed by atoms with Crippen LogP contribution in [0, 0.1) is 5.92 Å². The Bertz CT molecular complexity index is 608. The molecule has 1 saturated heterocycles. The second-order valence-corrected chi connectivity index (χ2v) is 7.39. The number of benzene rings is 1. The van der Waals surface area contributed by atoms with E-state index >= 15 is 0 Å². The van der Waals surface area contributed by atoms with Crippen LogP contribution < -0.4 is 5.32 Å². The average molecular weight is 355 g/mol. The Morgan fingerprint density at radius 1 is 1.19 bits per heavy atom. The summed E-state index contributed by atoms with van der Waals surface area (Å²) in [5.74, 6) is 1.79. The Hall–Kier alpha value is -1.81. The molecule has 0 bridgehead atoms. The zero-order valence-corrected chi connectivity index (χ0v) is 16.5. The van der Waals surface area contributed by atoms with Crippen molar-refractivity contribution < 1.29 is 0 Å². The molecule has 0 amide bonds. The molecule has 1 aromatic rings. The highest BCUT2D eigenvalue weighted by Gasteiger charge is 2.20. The molecule has 142 valence electrons. The lowest BCUT2D eigenvalue weighted by atomic mass is 9.98. The summed E-state index contributed by atoms with van der Waals surface area (Å²) < 4.78 is 0. The maximum Gasteiger partial charge on any atom is 0.194 e. The number of hydrogen-bond donors (Lipinski definition) is 1. The van der Waals surface area contributed by atoms with Crippen LogP contribution in [0.3, 0.4) is 0 Å². The maximum absolute atomic E-state index is 5.00. The van der Waals surface area contributed by atoms with Crippen LogP contribution in [0.15, 0.2) is 41.4 Å². The van der Waals surface area contributed by atoms with E-state index < -0.39 is 0 Å². The zero-order chi connectivity index (χ0) is 18.2. The van der Waals surface area contributed by atoms with Gasteiger partial charge < -0.3 is 15.1 Å². The number of rotatable bonds is 5. The molecule has 0 radical (unpaired) electrons. The normalized spacial score (nSPS) is 22.2. The summed E-state index contributed by atoms with van der Waals surface area (Å²) >= 11 is 0. The zero-order valence-electron chi connectivity index (χ0n) is 16.5. The molecule has 2 aliphatic rings. The first-order chi connectivity index (χ1) is 12.8. The second kappa shape index (κ2) is 9.77. The van der Waals surface area contributed by atoms with Gasteiger partial charge in [0.15, 0.2) is 5.96 Å². The summed E-state index contributed by atoms with van der Waals surface area (Å²) in [6, 6.07) is 10.8. The van der Waals surface area contributed by atoms with Crippen LogP contribution in [0.5, 0.6) is 0 Å². The fourth-order valence-corrected chi connectivity index (χ4v) is 4.00. The molecule has 1 N–H and O–H groups in total. The Kier molecular flexibility index (Phi) is 7.13. The first-order valence-electron chi connectivity index (χ1n) is 10.3. The van der Waals surface area contributed by atoms with Gasteiger partial charge in [0, 0.05) is 32.7 Å². The quantitative estimate of drug-likeness (QED) is 0.649. The Balaban J connectivity index is 1.60. The van der Waals surface area contributed by atoms with Crippen LogP contribution in [0.25, 0.3) is 5.57 Å². The van der Waals surface area contributed by atoms with Gasteiger partial charge in [0.2, 0.25) is 0 Å². The van der Waals surface area contributed by atoms with E-state index in [1.165, 1.54) is 43.6 Å². The third-order valence-corrected chi connectivity index (χ3v) is 5.54. The maximum atomic E-state index is 5.00. The van der Waals surface area contributed by atoms with Crippen LogP contribution in [-0.2, 0) is 0 Å². The molecule has 0 aromatic heterocycles. The summed E-state index contributed by atoms with van der Waals surface area (Å²) in [4.78, 5) is 9.96. The summed E-state index contributed by atoms with van der Waals surface area (Å²) in [7, 11) is 0. The van der Waals surface area contributed by atoms with Crippen LogP contribution in [0.1, 0.15) is 38.7 Å². The van der Waals surface area contributed by atoms with Crippen LogP contribution >= 0.6 is 0 Å². The number of guanidine groups is 1. The molecule has 0 aliphatic carbocycles. The molecule has 26 heavy (non-hydrogen) atoms. The molecule has 2 heterocycles. The highest BCUT2D eigenvalue weighted by molar-refractivity contribution is 5.81. The van der Waals surface area contributed by atoms with Crippen molar-refractivity contribution in [1.29, 1.82) is 0 Å². The Morgan fingerprint density at radius 3 is 2.73 bits per heavy atom. The molecule has 1 atom stereocenters. The van der Waals surface area contributed by atoms with E-state index in [-0.39, 0.29) is 0 Å². The van der Waals surface area contributed by atoms with Crippen molar-refractivity contribution in [2.45, 2.75) is 33.1 Å². The first-order valence-corrected chi connectivity index (χ1v) is 10.3. The lowest BCUT2D eigenvalue weighted by Crippen LogP contribution is -2.44. The fourth-order valence-electron chi connectivity index (χ4n) is 4.00. The largest absolute Gasteiger partial charge is 0.357 e. The Morgan fingerprint density at radius 2 is 2.04 bits per heavy atom. The van der Waals surface area contributed by atoms with Crippen LogP contribution in [0.2, 0.25) is 0 Å². The summed E-state index contributed by atoms with van der Waals surface area (Å²) in [6.07, 6.45) is 6.08. The van der Waals surface area contributed by atoms with Gasteiger partial charge in [-0.1, -0.05) is 43.3 Å². The smallest absolute Gasteiger partial charge is 0.194 e. The summed E-state index contributed by atoms with van der Waals surface area (Å²) in [5, 5.41) is 3.50. The molecule has 1 unspecified atom stereocenters. The van der Waals surface area contributed by atoms with Crippen molar-refractivity contribution in [3.63, 3.8) is 0 Å². The predicted octanol–water partition coefficient (Wildman–Crippen LogP) is 3.47. The molecule has 1 aromatic carbocycles. The molecule has 4 nitrogen and oxygen atoms in total. The molecule has 4 heteroatoms. The predicted molar refractivity (Wildman–Crippen MR) is 111 cm³/mol. The van der Waals surface area contributed by atoms with E-state index in [1.54, 1.807) is 0 Å². The lowest BCUT2D eigenvalue weighted by Gasteiger charge is -2.32. The monoisotopic (exact) mass is 354 g/mol. The van der Waals surface area contributed by atoms with Gasteiger partial charge in [0.1, 0.15) is 0 Å².